The maximum atomic E-state index is 13.9. The Labute approximate surface area is 211 Å². The molecule has 1 unspecified atom stereocenters. The van der Waals surface area contributed by atoms with Crippen molar-refractivity contribution in [2.75, 3.05) is 5.32 Å². The minimum atomic E-state index is -1.11. The van der Waals surface area contributed by atoms with E-state index in [0.717, 1.165) is 11.1 Å². The van der Waals surface area contributed by atoms with Crippen molar-refractivity contribution in [3.05, 3.63) is 94.4 Å². The van der Waals surface area contributed by atoms with Crippen molar-refractivity contribution < 1.29 is 28.3 Å². The molecule has 0 fully saturated rings. The van der Waals surface area contributed by atoms with Gasteiger partial charge in [0, 0.05) is 10.6 Å². The van der Waals surface area contributed by atoms with Crippen LogP contribution in [0, 0.1) is 12.7 Å². The number of carbonyl (C=O) groups is 2. The number of amides is 1. The van der Waals surface area contributed by atoms with Crippen LogP contribution in [0.15, 0.2) is 71.3 Å². The molecule has 0 saturated carbocycles. The summed E-state index contributed by atoms with van der Waals surface area (Å²) in [6.45, 7) is 3.45. The lowest BCUT2D eigenvalue weighted by molar-refractivity contribution is -0.136. The molecule has 1 amide bonds. The molecule has 0 saturated heterocycles. The van der Waals surface area contributed by atoms with Gasteiger partial charge in [0.2, 0.25) is 0 Å². The Morgan fingerprint density at radius 1 is 1.06 bits per heavy atom. The van der Waals surface area contributed by atoms with Crippen LogP contribution in [0.25, 0.3) is 22.5 Å². The molecule has 0 aliphatic rings. The van der Waals surface area contributed by atoms with E-state index in [2.05, 4.69) is 10.5 Å². The second-order valence-electron chi connectivity index (χ2n) is 8.15. The molecule has 2 N–H and O–H groups in total. The highest BCUT2D eigenvalue weighted by atomic mass is 35.5. The number of aryl methyl sites for hydroxylation is 1. The Morgan fingerprint density at radius 3 is 2.36 bits per heavy atom. The number of benzene rings is 3. The number of halogens is 2. The highest BCUT2D eigenvalue weighted by Gasteiger charge is 2.20. The molecule has 3 aromatic carbocycles. The van der Waals surface area contributed by atoms with E-state index in [-0.39, 0.29) is 5.56 Å². The van der Waals surface area contributed by atoms with E-state index in [0.29, 0.717) is 33.3 Å². The van der Waals surface area contributed by atoms with Gasteiger partial charge in [-0.2, -0.15) is 0 Å². The standard InChI is InChI=1S/C27H22ClFN2O5/c1-15-25(30-27(34)35-16(2)17-7-10-22(28)11-8-17)26(36-31-15)19-5-3-18(4-6-19)20-9-12-23(29)21(13-20)14-24(32)33/h3-13,16H,14H2,1-2H3,(H,30,34)(H,32,33). The molecule has 0 bridgehead atoms. The predicted molar refractivity (Wildman–Crippen MR) is 133 cm³/mol. The number of aromatic nitrogens is 1. The number of hydrogen-bond donors (Lipinski definition) is 2. The predicted octanol–water partition coefficient (Wildman–Crippen LogP) is 7.05. The van der Waals surface area contributed by atoms with E-state index < -0.39 is 30.4 Å². The van der Waals surface area contributed by atoms with Crippen molar-refractivity contribution in [1.82, 2.24) is 5.16 Å². The molecule has 0 aliphatic heterocycles. The second-order valence-corrected chi connectivity index (χ2v) is 8.59. The first-order chi connectivity index (χ1) is 17.2. The number of aliphatic carboxylic acids is 1. The van der Waals surface area contributed by atoms with Crippen LogP contribution in [-0.4, -0.2) is 22.3 Å². The summed E-state index contributed by atoms with van der Waals surface area (Å²) in [7, 11) is 0. The van der Waals surface area contributed by atoms with Crippen LogP contribution in [0.1, 0.15) is 29.8 Å². The number of nitrogens with zero attached hydrogens (tertiary/aromatic N) is 1. The molecular weight excluding hydrogens is 487 g/mol. The number of nitrogens with one attached hydrogen (secondary N) is 1. The maximum absolute atomic E-state index is 13.9. The lowest BCUT2D eigenvalue weighted by atomic mass is 9.99. The summed E-state index contributed by atoms with van der Waals surface area (Å²) in [6.07, 6.45) is -1.58. The summed E-state index contributed by atoms with van der Waals surface area (Å²) in [5.41, 5.74) is 3.82. The Kier molecular flexibility index (Phi) is 7.36. The van der Waals surface area contributed by atoms with E-state index >= 15 is 0 Å². The quantitative estimate of drug-likeness (QED) is 0.277. The normalized spacial score (nSPS) is 11.7. The first kappa shape index (κ1) is 24.9. The first-order valence-corrected chi connectivity index (χ1v) is 11.4. The van der Waals surface area contributed by atoms with Gasteiger partial charge < -0.3 is 14.4 Å². The molecule has 0 spiro atoms. The van der Waals surface area contributed by atoms with Crippen molar-refractivity contribution in [1.29, 1.82) is 0 Å². The summed E-state index contributed by atoms with van der Waals surface area (Å²) in [5, 5.41) is 16.3. The smallest absolute Gasteiger partial charge is 0.412 e. The number of carboxylic acid groups (broad SMARTS) is 1. The Bertz CT molecular complexity index is 1400. The van der Waals surface area contributed by atoms with Gasteiger partial charge in [-0.1, -0.05) is 59.2 Å². The topological polar surface area (TPSA) is 102 Å². The van der Waals surface area contributed by atoms with Gasteiger partial charge in [-0.15, -0.1) is 0 Å². The van der Waals surface area contributed by atoms with Crippen LogP contribution in [-0.2, 0) is 16.0 Å². The van der Waals surface area contributed by atoms with Crippen LogP contribution in [0.4, 0.5) is 14.9 Å². The number of anilines is 1. The number of hydrogen-bond acceptors (Lipinski definition) is 5. The molecule has 7 nitrogen and oxygen atoms in total. The summed E-state index contributed by atoms with van der Waals surface area (Å²) < 4.78 is 24.9. The fourth-order valence-electron chi connectivity index (χ4n) is 3.67. The van der Waals surface area contributed by atoms with E-state index in [9.17, 15) is 14.0 Å². The zero-order chi connectivity index (χ0) is 25.8. The van der Waals surface area contributed by atoms with E-state index in [1.165, 1.54) is 12.1 Å². The Balaban J connectivity index is 1.51. The highest BCUT2D eigenvalue weighted by molar-refractivity contribution is 6.30. The summed E-state index contributed by atoms with van der Waals surface area (Å²) in [6, 6.07) is 18.5. The van der Waals surface area contributed by atoms with Crippen molar-refractivity contribution in [2.45, 2.75) is 26.4 Å². The minimum absolute atomic E-state index is 0.104. The lowest BCUT2D eigenvalue weighted by Gasteiger charge is -2.14. The molecule has 184 valence electrons. The second kappa shape index (κ2) is 10.6. The summed E-state index contributed by atoms with van der Waals surface area (Å²) in [5.74, 6) is -1.33. The highest BCUT2D eigenvalue weighted by Crippen LogP contribution is 2.33. The fraction of sp³-hybridized carbons (Fsp3) is 0.148. The fourth-order valence-corrected chi connectivity index (χ4v) is 3.80. The zero-order valence-corrected chi connectivity index (χ0v) is 20.2. The van der Waals surface area contributed by atoms with Gasteiger partial charge in [0.25, 0.3) is 0 Å². The summed E-state index contributed by atoms with van der Waals surface area (Å²) in [4.78, 5) is 23.6. The van der Waals surface area contributed by atoms with Crippen LogP contribution in [0.3, 0.4) is 0 Å². The van der Waals surface area contributed by atoms with Crippen molar-refractivity contribution in [3.8, 4) is 22.5 Å². The van der Waals surface area contributed by atoms with Crippen LogP contribution in [0.5, 0.6) is 0 Å². The van der Waals surface area contributed by atoms with Crippen LogP contribution >= 0.6 is 11.6 Å². The summed E-state index contributed by atoms with van der Waals surface area (Å²) >= 11 is 5.91. The van der Waals surface area contributed by atoms with E-state index in [4.69, 9.17) is 26.0 Å². The van der Waals surface area contributed by atoms with Gasteiger partial charge in [-0.05, 0) is 60.4 Å². The third kappa shape index (κ3) is 5.72. The average molecular weight is 509 g/mol. The minimum Gasteiger partial charge on any atom is -0.481 e. The van der Waals surface area contributed by atoms with Gasteiger partial charge in [0.15, 0.2) is 5.76 Å². The molecule has 4 rings (SSSR count). The zero-order valence-electron chi connectivity index (χ0n) is 19.4. The van der Waals surface area contributed by atoms with E-state index in [1.807, 2.05) is 0 Å². The van der Waals surface area contributed by atoms with Gasteiger partial charge in [0.05, 0.1) is 6.42 Å². The lowest BCUT2D eigenvalue weighted by Crippen LogP contribution is -2.16. The molecule has 1 atom stereocenters. The number of ether oxygens (including phenoxy) is 1. The third-order valence-electron chi connectivity index (χ3n) is 5.58. The largest absolute Gasteiger partial charge is 0.481 e. The van der Waals surface area contributed by atoms with Crippen molar-refractivity contribution in [2.24, 2.45) is 0 Å². The maximum Gasteiger partial charge on any atom is 0.412 e. The van der Waals surface area contributed by atoms with Gasteiger partial charge in [0.1, 0.15) is 23.3 Å². The molecule has 1 heterocycles. The Morgan fingerprint density at radius 2 is 1.69 bits per heavy atom. The SMILES string of the molecule is Cc1noc(-c2ccc(-c3ccc(F)c(CC(=O)O)c3)cc2)c1NC(=O)OC(C)c1ccc(Cl)cc1. The third-order valence-corrected chi connectivity index (χ3v) is 5.83. The van der Waals surface area contributed by atoms with Crippen molar-refractivity contribution >= 4 is 29.4 Å². The number of carbonyl (C=O) groups excluding carboxylic acids is 1. The monoisotopic (exact) mass is 508 g/mol. The average Bonchev–Trinajstić information content (AvgIpc) is 3.20. The van der Waals surface area contributed by atoms with E-state index in [1.54, 1.807) is 68.4 Å². The molecule has 1 aromatic heterocycles. The molecule has 4 aromatic rings. The van der Waals surface area contributed by atoms with Crippen molar-refractivity contribution in [3.63, 3.8) is 0 Å². The molecule has 0 radical (unpaired) electrons. The molecule has 36 heavy (non-hydrogen) atoms. The molecular formula is C27H22ClFN2O5. The first-order valence-electron chi connectivity index (χ1n) is 11.0. The molecule has 0 aliphatic carbocycles. The molecule has 9 heteroatoms. The van der Waals surface area contributed by atoms with Crippen LogP contribution in [0.2, 0.25) is 5.02 Å². The number of rotatable bonds is 7. The van der Waals surface area contributed by atoms with Gasteiger partial charge >= 0.3 is 12.1 Å². The Hall–Kier alpha value is -4.17. The number of carboxylic acids is 1. The van der Waals surface area contributed by atoms with Gasteiger partial charge in [-0.3, -0.25) is 10.1 Å². The van der Waals surface area contributed by atoms with Gasteiger partial charge in [-0.25, -0.2) is 9.18 Å². The van der Waals surface area contributed by atoms with Crippen LogP contribution < -0.4 is 5.32 Å².